The number of carbonyl (C=O) groups is 3. The minimum Gasteiger partial charge on any atom is -0.481 e. The highest BCUT2D eigenvalue weighted by Gasteiger charge is 2.24. The highest BCUT2D eigenvalue weighted by molar-refractivity contribution is 6.46. The molecular formula is C32H34N2O5. The molecule has 0 radical (unpaired) electrons. The normalized spacial score (nSPS) is 13.9. The number of carbonyl (C=O) groups excluding carboxylic acids is 2. The average Bonchev–Trinajstić information content (AvgIpc) is 3.55. The van der Waals surface area contributed by atoms with Crippen molar-refractivity contribution >= 4 is 45.1 Å². The highest BCUT2D eigenvalue weighted by Crippen LogP contribution is 2.33. The quantitative estimate of drug-likeness (QED) is 0.116. The standard InChI is InChI=1S/C30H30N2O3.C2H4O2/c1-3-32-27-14-12-21(29(33)23-11-7-4-8-19(23)2)17-24(27)25-18-22(13-15-28(25)32)30(34)26(31-35)16-20-9-5-6-10-20;1-2(3)4/h4,7-8,11-15,17-18,20,35H,3,5-6,9-10,16H2,1-2H3;1H3,(H,3,4). The Morgan fingerprint density at radius 3 is 2.05 bits per heavy atom. The first-order chi connectivity index (χ1) is 18.7. The fourth-order valence-corrected chi connectivity index (χ4v) is 5.54. The van der Waals surface area contributed by atoms with E-state index in [1.54, 1.807) is 0 Å². The summed E-state index contributed by atoms with van der Waals surface area (Å²) < 4.78 is 2.19. The van der Waals surface area contributed by atoms with Crippen molar-refractivity contribution in [3.8, 4) is 0 Å². The van der Waals surface area contributed by atoms with Gasteiger partial charge in [-0.3, -0.25) is 14.4 Å². The predicted molar refractivity (Wildman–Crippen MR) is 153 cm³/mol. The molecule has 2 N–H and O–H groups in total. The molecule has 0 bridgehead atoms. The van der Waals surface area contributed by atoms with Gasteiger partial charge in [-0.2, -0.15) is 0 Å². The largest absolute Gasteiger partial charge is 0.481 e. The smallest absolute Gasteiger partial charge is 0.300 e. The summed E-state index contributed by atoms with van der Waals surface area (Å²) >= 11 is 0. The van der Waals surface area contributed by atoms with Gasteiger partial charge in [0.2, 0.25) is 5.78 Å². The van der Waals surface area contributed by atoms with Gasteiger partial charge in [-0.15, -0.1) is 0 Å². The molecule has 4 aromatic rings. The maximum atomic E-state index is 13.3. The van der Waals surface area contributed by atoms with Gasteiger partial charge in [-0.05, 0) is 68.1 Å². The second kappa shape index (κ2) is 12.1. The van der Waals surface area contributed by atoms with Gasteiger partial charge in [-0.25, -0.2) is 0 Å². The van der Waals surface area contributed by atoms with Crippen LogP contribution in [0.1, 0.15) is 77.8 Å². The number of oxime groups is 1. The van der Waals surface area contributed by atoms with Gasteiger partial charge < -0.3 is 14.9 Å². The van der Waals surface area contributed by atoms with Crippen molar-refractivity contribution in [3.63, 3.8) is 0 Å². The number of hydrogen-bond acceptors (Lipinski definition) is 5. The first-order valence-corrected chi connectivity index (χ1v) is 13.4. The van der Waals surface area contributed by atoms with Crippen molar-refractivity contribution in [1.29, 1.82) is 0 Å². The lowest BCUT2D eigenvalue weighted by molar-refractivity contribution is -0.134. The molecule has 39 heavy (non-hydrogen) atoms. The first kappa shape index (κ1) is 27.8. The summed E-state index contributed by atoms with van der Waals surface area (Å²) in [5.41, 5.74) is 5.03. The number of benzene rings is 3. The number of aliphatic carboxylic acids is 1. The van der Waals surface area contributed by atoms with Gasteiger partial charge in [0.15, 0.2) is 5.78 Å². The second-order valence-corrected chi connectivity index (χ2v) is 10.1. The van der Waals surface area contributed by atoms with Crippen molar-refractivity contribution < 1.29 is 24.7 Å². The topological polar surface area (TPSA) is 109 Å². The number of carboxylic acids is 1. The van der Waals surface area contributed by atoms with Gasteiger partial charge >= 0.3 is 0 Å². The van der Waals surface area contributed by atoms with E-state index in [9.17, 15) is 14.8 Å². The molecule has 1 fully saturated rings. The molecule has 0 unspecified atom stereocenters. The molecule has 7 nitrogen and oxygen atoms in total. The van der Waals surface area contributed by atoms with E-state index >= 15 is 0 Å². The molecule has 0 atom stereocenters. The highest BCUT2D eigenvalue weighted by atomic mass is 16.4. The predicted octanol–water partition coefficient (Wildman–Crippen LogP) is 7.04. The van der Waals surface area contributed by atoms with Crippen molar-refractivity contribution in [2.75, 3.05) is 0 Å². The van der Waals surface area contributed by atoms with Crippen LogP contribution in [0.25, 0.3) is 21.8 Å². The summed E-state index contributed by atoms with van der Waals surface area (Å²) in [5.74, 6) is -0.669. The lowest BCUT2D eigenvalue weighted by atomic mass is 9.94. The number of aromatic nitrogens is 1. The van der Waals surface area contributed by atoms with Crippen LogP contribution >= 0.6 is 0 Å². The molecule has 1 aliphatic rings. The van der Waals surface area contributed by atoms with Crippen LogP contribution in [0.5, 0.6) is 0 Å². The van der Waals surface area contributed by atoms with E-state index in [1.807, 2.05) is 67.6 Å². The molecule has 1 saturated carbocycles. The lowest BCUT2D eigenvalue weighted by Gasteiger charge is -2.10. The number of rotatable bonds is 7. The monoisotopic (exact) mass is 526 g/mol. The van der Waals surface area contributed by atoms with E-state index in [2.05, 4.69) is 16.6 Å². The third kappa shape index (κ3) is 5.93. The molecule has 5 rings (SSSR count). The summed E-state index contributed by atoms with van der Waals surface area (Å²) in [6, 6.07) is 19.1. The van der Waals surface area contributed by atoms with Crippen molar-refractivity contribution in [1.82, 2.24) is 4.57 Å². The van der Waals surface area contributed by atoms with Gasteiger partial charge in [0.05, 0.1) is 0 Å². The first-order valence-electron chi connectivity index (χ1n) is 13.4. The van der Waals surface area contributed by atoms with Crippen LogP contribution in [-0.4, -0.2) is 38.1 Å². The number of fused-ring (bicyclic) bond motifs is 3. The van der Waals surface area contributed by atoms with E-state index in [-0.39, 0.29) is 17.3 Å². The number of ketones is 2. The Labute approximate surface area is 227 Å². The van der Waals surface area contributed by atoms with Gasteiger partial charge in [0, 0.05) is 52.0 Å². The van der Waals surface area contributed by atoms with E-state index in [0.29, 0.717) is 29.0 Å². The summed E-state index contributed by atoms with van der Waals surface area (Å²) in [7, 11) is 0. The second-order valence-electron chi connectivity index (χ2n) is 10.1. The SMILES string of the molecule is CC(=O)O.CCn1c2ccc(C(=O)C(CC3CCCC3)=NO)cc2c2cc(C(=O)c3ccccc3C)ccc21. The minimum atomic E-state index is -0.833. The van der Waals surface area contributed by atoms with Gasteiger partial charge in [0.25, 0.3) is 5.97 Å². The molecule has 1 aromatic heterocycles. The van der Waals surface area contributed by atoms with Crippen LogP contribution in [0.2, 0.25) is 0 Å². The zero-order chi connectivity index (χ0) is 28.1. The molecule has 1 aliphatic carbocycles. The third-order valence-electron chi connectivity index (χ3n) is 7.43. The Hall–Kier alpha value is -4.26. The molecule has 202 valence electrons. The average molecular weight is 527 g/mol. The molecular weight excluding hydrogens is 492 g/mol. The zero-order valence-electron chi connectivity index (χ0n) is 22.6. The third-order valence-corrected chi connectivity index (χ3v) is 7.43. The number of Topliss-reactive ketones (excluding diaryl/α,β-unsaturated/α-hetero) is 1. The number of aryl methyl sites for hydroxylation is 2. The number of nitrogens with zero attached hydrogens (tertiary/aromatic N) is 2. The summed E-state index contributed by atoms with van der Waals surface area (Å²) in [4.78, 5) is 35.6. The van der Waals surface area contributed by atoms with Gasteiger partial charge in [-0.1, -0.05) is 55.1 Å². The molecule has 7 heteroatoms. The Morgan fingerprint density at radius 1 is 0.923 bits per heavy atom. The van der Waals surface area contributed by atoms with E-state index in [0.717, 1.165) is 53.7 Å². The maximum Gasteiger partial charge on any atom is 0.300 e. The Morgan fingerprint density at radius 2 is 1.49 bits per heavy atom. The number of hydrogen-bond donors (Lipinski definition) is 2. The maximum absolute atomic E-state index is 13.3. The Balaban J connectivity index is 0.000000826. The van der Waals surface area contributed by atoms with Crippen molar-refractivity contribution in [2.45, 2.75) is 59.4 Å². The molecule has 0 aliphatic heterocycles. The molecule has 3 aromatic carbocycles. The van der Waals surface area contributed by atoms with Crippen LogP contribution in [-0.2, 0) is 11.3 Å². The van der Waals surface area contributed by atoms with E-state index in [1.165, 1.54) is 12.8 Å². The fraction of sp³-hybridized carbons (Fsp3) is 0.312. The molecule has 0 amide bonds. The summed E-state index contributed by atoms with van der Waals surface area (Å²) in [6.07, 6.45) is 5.01. The number of carboxylic acid groups (broad SMARTS) is 1. The van der Waals surface area contributed by atoms with Crippen LogP contribution in [0, 0.1) is 12.8 Å². The van der Waals surface area contributed by atoms with Crippen LogP contribution in [0.15, 0.2) is 65.8 Å². The van der Waals surface area contributed by atoms with Crippen molar-refractivity contribution in [2.24, 2.45) is 11.1 Å². The van der Waals surface area contributed by atoms with Crippen LogP contribution in [0.4, 0.5) is 0 Å². The minimum absolute atomic E-state index is 0.0131. The molecule has 1 heterocycles. The molecule has 0 spiro atoms. The van der Waals surface area contributed by atoms with E-state index in [4.69, 9.17) is 9.90 Å². The summed E-state index contributed by atoms with van der Waals surface area (Å²) in [5, 5.41) is 22.3. The molecule has 0 saturated heterocycles. The Kier molecular flexibility index (Phi) is 8.59. The fourth-order valence-electron chi connectivity index (χ4n) is 5.54. The van der Waals surface area contributed by atoms with Gasteiger partial charge in [0.1, 0.15) is 5.71 Å². The van der Waals surface area contributed by atoms with Crippen molar-refractivity contribution in [3.05, 3.63) is 82.9 Å². The van der Waals surface area contributed by atoms with E-state index < -0.39 is 5.97 Å². The summed E-state index contributed by atoms with van der Waals surface area (Å²) in [6.45, 7) is 5.88. The zero-order valence-corrected chi connectivity index (χ0v) is 22.6. The van der Waals surface area contributed by atoms with Crippen LogP contribution in [0.3, 0.4) is 0 Å². The Bertz CT molecular complexity index is 1570. The van der Waals surface area contributed by atoms with Crippen LogP contribution < -0.4 is 0 Å². The lowest BCUT2D eigenvalue weighted by Crippen LogP contribution is -2.17.